The molecule has 0 aliphatic carbocycles. The number of benzene rings is 1. The summed E-state index contributed by atoms with van der Waals surface area (Å²) in [5, 5.41) is 0. The molecule has 0 heterocycles. The van der Waals surface area contributed by atoms with E-state index in [1.54, 1.807) is 12.2 Å². The molecular weight excluding hydrogens is 192 g/mol. The maximum atomic E-state index is 3.99. The maximum absolute atomic E-state index is 3.99. The molecule has 0 aliphatic heterocycles. The number of hydrogen-bond donors (Lipinski definition) is 0. The molecule has 0 aliphatic rings. The SMILES string of the molecule is C=C(/C=C\C)c1ccccc1C.C=CC=C. The first-order valence-corrected chi connectivity index (χ1v) is 5.28. The van der Waals surface area contributed by atoms with Crippen molar-refractivity contribution in [2.75, 3.05) is 0 Å². The second-order valence-corrected chi connectivity index (χ2v) is 3.31. The predicted molar refractivity (Wildman–Crippen MR) is 75.4 cm³/mol. The highest BCUT2D eigenvalue weighted by atomic mass is 14.0. The topological polar surface area (TPSA) is 0 Å². The third-order valence-electron chi connectivity index (χ3n) is 2.03. The zero-order chi connectivity index (χ0) is 12.4. The second kappa shape index (κ2) is 8.49. The minimum atomic E-state index is 1.08. The van der Waals surface area contributed by atoms with Gasteiger partial charge < -0.3 is 0 Å². The fourth-order valence-corrected chi connectivity index (χ4v) is 1.22. The number of rotatable bonds is 3. The smallest absolute Gasteiger partial charge is 0.0161 e. The monoisotopic (exact) mass is 212 g/mol. The van der Waals surface area contributed by atoms with E-state index >= 15 is 0 Å². The lowest BCUT2D eigenvalue weighted by Gasteiger charge is -2.03. The molecule has 0 aromatic heterocycles. The normalized spacial score (nSPS) is 9.12. The molecule has 1 aromatic rings. The lowest BCUT2D eigenvalue weighted by Crippen LogP contribution is -1.83. The van der Waals surface area contributed by atoms with Crippen LogP contribution >= 0.6 is 0 Å². The van der Waals surface area contributed by atoms with Crippen molar-refractivity contribution in [2.24, 2.45) is 0 Å². The summed E-state index contributed by atoms with van der Waals surface area (Å²) in [6.07, 6.45) is 7.32. The van der Waals surface area contributed by atoms with E-state index in [9.17, 15) is 0 Å². The van der Waals surface area contributed by atoms with E-state index in [2.05, 4.69) is 38.8 Å². The van der Waals surface area contributed by atoms with Crippen LogP contribution in [-0.4, -0.2) is 0 Å². The Morgan fingerprint density at radius 2 is 1.69 bits per heavy atom. The first-order chi connectivity index (χ1) is 7.67. The lowest BCUT2D eigenvalue weighted by molar-refractivity contribution is 1.43. The fraction of sp³-hybridized carbons (Fsp3) is 0.125. The summed E-state index contributed by atoms with van der Waals surface area (Å²) in [5.74, 6) is 0. The van der Waals surface area contributed by atoms with Crippen LogP contribution in [0.5, 0.6) is 0 Å². The van der Waals surface area contributed by atoms with Crippen molar-refractivity contribution in [1.82, 2.24) is 0 Å². The van der Waals surface area contributed by atoms with Crippen LogP contribution in [0.25, 0.3) is 5.57 Å². The highest BCUT2D eigenvalue weighted by Gasteiger charge is 1.96. The Morgan fingerprint density at radius 3 is 2.12 bits per heavy atom. The van der Waals surface area contributed by atoms with Crippen LogP contribution in [0, 0.1) is 6.92 Å². The van der Waals surface area contributed by atoms with Gasteiger partial charge in [0.2, 0.25) is 0 Å². The molecule has 1 aromatic carbocycles. The van der Waals surface area contributed by atoms with Crippen molar-refractivity contribution >= 4 is 5.57 Å². The Kier molecular flexibility index (Phi) is 7.52. The summed E-state index contributed by atoms with van der Waals surface area (Å²) in [4.78, 5) is 0. The Bertz CT molecular complexity index is 375. The van der Waals surface area contributed by atoms with Gasteiger partial charge in [0.05, 0.1) is 0 Å². The quantitative estimate of drug-likeness (QED) is 0.622. The van der Waals surface area contributed by atoms with Crippen LogP contribution in [0.1, 0.15) is 18.1 Å². The summed E-state index contributed by atoms with van der Waals surface area (Å²) in [7, 11) is 0. The van der Waals surface area contributed by atoms with Gasteiger partial charge in [-0.15, -0.1) is 0 Å². The van der Waals surface area contributed by atoms with Crippen molar-refractivity contribution in [3.8, 4) is 0 Å². The van der Waals surface area contributed by atoms with E-state index in [1.807, 2.05) is 31.2 Å². The Labute approximate surface area is 99.3 Å². The van der Waals surface area contributed by atoms with Gasteiger partial charge in [0.25, 0.3) is 0 Å². The second-order valence-electron chi connectivity index (χ2n) is 3.31. The van der Waals surface area contributed by atoms with E-state index in [1.165, 1.54) is 11.1 Å². The Hall–Kier alpha value is -1.82. The molecule has 0 unspecified atom stereocenters. The van der Waals surface area contributed by atoms with Crippen molar-refractivity contribution in [3.63, 3.8) is 0 Å². The van der Waals surface area contributed by atoms with Crippen molar-refractivity contribution in [2.45, 2.75) is 13.8 Å². The van der Waals surface area contributed by atoms with E-state index in [-0.39, 0.29) is 0 Å². The molecule has 0 nitrogen and oxygen atoms in total. The molecular formula is C16H20. The third-order valence-corrected chi connectivity index (χ3v) is 2.03. The lowest BCUT2D eigenvalue weighted by atomic mass is 10.0. The molecule has 16 heavy (non-hydrogen) atoms. The van der Waals surface area contributed by atoms with Gasteiger partial charge in [-0.25, -0.2) is 0 Å². The van der Waals surface area contributed by atoms with E-state index < -0.39 is 0 Å². The van der Waals surface area contributed by atoms with Crippen molar-refractivity contribution < 1.29 is 0 Å². The van der Waals surface area contributed by atoms with Crippen molar-refractivity contribution in [3.05, 3.63) is 79.4 Å². The first-order valence-electron chi connectivity index (χ1n) is 5.28. The average molecular weight is 212 g/mol. The Morgan fingerprint density at radius 1 is 1.12 bits per heavy atom. The molecule has 0 amide bonds. The van der Waals surface area contributed by atoms with E-state index in [4.69, 9.17) is 0 Å². The zero-order valence-corrected chi connectivity index (χ0v) is 10.2. The van der Waals surface area contributed by atoms with Crippen LogP contribution in [0.15, 0.2) is 68.3 Å². The summed E-state index contributed by atoms with van der Waals surface area (Å²) >= 11 is 0. The van der Waals surface area contributed by atoms with Gasteiger partial charge in [-0.3, -0.25) is 0 Å². The van der Waals surface area contributed by atoms with Crippen molar-refractivity contribution in [1.29, 1.82) is 0 Å². The van der Waals surface area contributed by atoms with Crippen LogP contribution in [0.4, 0.5) is 0 Å². The minimum absolute atomic E-state index is 1.08. The molecule has 1 rings (SSSR count). The van der Waals surface area contributed by atoms with Gasteiger partial charge in [-0.2, -0.15) is 0 Å². The highest BCUT2D eigenvalue weighted by molar-refractivity contribution is 5.73. The summed E-state index contributed by atoms with van der Waals surface area (Å²) in [6, 6.07) is 8.28. The molecule has 0 heteroatoms. The van der Waals surface area contributed by atoms with E-state index in [0.29, 0.717) is 0 Å². The van der Waals surface area contributed by atoms with Gasteiger partial charge >= 0.3 is 0 Å². The molecule has 0 spiro atoms. The maximum Gasteiger partial charge on any atom is -0.0161 e. The molecule has 0 N–H and O–H groups in total. The van der Waals surface area contributed by atoms with Gasteiger partial charge in [-0.05, 0) is 30.5 Å². The predicted octanol–water partition coefficient (Wildman–Crippen LogP) is 4.94. The Balaban J connectivity index is 0.000000487. The van der Waals surface area contributed by atoms with Gasteiger partial charge in [0.15, 0.2) is 0 Å². The number of hydrogen-bond acceptors (Lipinski definition) is 0. The zero-order valence-electron chi connectivity index (χ0n) is 10.2. The standard InChI is InChI=1S/C12H14.C4H6/c1-4-7-10(2)12-9-6-5-8-11(12)3;1-3-4-2/h4-9H,2H2,1,3H3;3-4H,1-2H2/b7-4-;. The molecule has 0 saturated heterocycles. The van der Waals surface area contributed by atoms with Gasteiger partial charge in [0.1, 0.15) is 0 Å². The first kappa shape index (κ1) is 14.2. The highest BCUT2D eigenvalue weighted by Crippen LogP contribution is 2.17. The van der Waals surface area contributed by atoms with Gasteiger partial charge in [-0.1, -0.05) is 68.3 Å². The molecule has 0 bridgehead atoms. The largest absolute Gasteiger partial charge is 0.0991 e. The van der Waals surface area contributed by atoms with Crippen LogP contribution < -0.4 is 0 Å². The number of allylic oxidation sites excluding steroid dienone is 5. The van der Waals surface area contributed by atoms with Gasteiger partial charge in [0, 0.05) is 0 Å². The molecule has 0 fully saturated rings. The summed E-state index contributed by atoms with van der Waals surface area (Å²) in [5.41, 5.74) is 3.59. The number of aryl methyl sites for hydroxylation is 1. The molecule has 84 valence electrons. The van der Waals surface area contributed by atoms with E-state index in [0.717, 1.165) is 5.57 Å². The van der Waals surface area contributed by atoms with Crippen LogP contribution in [0.2, 0.25) is 0 Å². The van der Waals surface area contributed by atoms with Crippen LogP contribution in [-0.2, 0) is 0 Å². The third kappa shape index (κ3) is 5.16. The summed E-state index contributed by atoms with van der Waals surface area (Å²) in [6.45, 7) is 14.8. The average Bonchev–Trinajstić information content (AvgIpc) is 2.30. The fourth-order valence-electron chi connectivity index (χ4n) is 1.22. The molecule has 0 atom stereocenters. The van der Waals surface area contributed by atoms with Crippen LogP contribution in [0.3, 0.4) is 0 Å². The minimum Gasteiger partial charge on any atom is -0.0991 e. The molecule has 0 radical (unpaired) electrons. The summed E-state index contributed by atoms with van der Waals surface area (Å²) < 4.78 is 0. The molecule has 0 saturated carbocycles.